The standard InChI is InChI=1S/C20H29N3O2.2C2H4O2/c1-14-5-3-4-6-16(14)18-17-12-21-11-15(17)13-23(18)19(24)20(25)7-9-22(2)10-8-20;2*1-2(3)4/h3-6,15,17-18,21,25H,7-13H2,1-2H3;2*1H3,(H,3,4)/t15-,17-,18+;;/m0../s1. The van der Waals surface area contributed by atoms with Crippen LogP contribution in [0, 0.1) is 18.8 Å². The lowest BCUT2D eigenvalue weighted by atomic mass is 9.86. The van der Waals surface area contributed by atoms with Crippen molar-refractivity contribution in [1.82, 2.24) is 15.1 Å². The summed E-state index contributed by atoms with van der Waals surface area (Å²) in [4.78, 5) is 35.6. The molecule has 4 rings (SSSR count). The van der Waals surface area contributed by atoms with Crippen LogP contribution in [0.15, 0.2) is 24.3 Å². The number of nitrogens with one attached hydrogen (secondary N) is 1. The number of hydrogen-bond donors (Lipinski definition) is 4. The molecule has 0 saturated carbocycles. The van der Waals surface area contributed by atoms with E-state index in [0.29, 0.717) is 24.7 Å². The molecular formula is C24H37N3O6. The fourth-order valence-electron chi connectivity index (χ4n) is 4.92. The van der Waals surface area contributed by atoms with Gasteiger partial charge in [-0.05, 0) is 43.9 Å². The number of amides is 1. The number of nitrogens with zero attached hydrogens (tertiary/aromatic N) is 2. The fourth-order valence-corrected chi connectivity index (χ4v) is 4.92. The van der Waals surface area contributed by atoms with Crippen LogP contribution in [0.4, 0.5) is 0 Å². The maximum Gasteiger partial charge on any atom is 0.300 e. The minimum absolute atomic E-state index is 0.0525. The Balaban J connectivity index is 0.000000420. The van der Waals surface area contributed by atoms with E-state index in [0.717, 1.165) is 46.6 Å². The quantitative estimate of drug-likeness (QED) is 0.517. The number of aryl methyl sites for hydroxylation is 1. The molecule has 184 valence electrons. The third kappa shape index (κ3) is 6.99. The predicted molar refractivity (Wildman–Crippen MR) is 124 cm³/mol. The molecule has 0 spiro atoms. The molecule has 3 aliphatic heterocycles. The normalized spacial score (nSPS) is 25.7. The van der Waals surface area contributed by atoms with Crippen molar-refractivity contribution >= 4 is 17.8 Å². The van der Waals surface area contributed by atoms with Gasteiger partial charge in [-0.1, -0.05) is 24.3 Å². The van der Waals surface area contributed by atoms with Crippen LogP contribution < -0.4 is 5.32 Å². The molecule has 0 radical (unpaired) electrons. The highest BCUT2D eigenvalue weighted by Crippen LogP contribution is 2.45. The molecule has 4 N–H and O–H groups in total. The first kappa shape index (κ1) is 26.8. The summed E-state index contributed by atoms with van der Waals surface area (Å²) >= 11 is 0. The molecule has 3 saturated heterocycles. The molecule has 1 aromatic rings. The maximum absolute atomic E-state index is 13.4. The highest BCUT2D eigenvalue weighted by atomic mass is 16.4. The van der Waals surface area contributed by atoms with Gasteiger partial charge >= 0.3 is 0 Å². The monoisotopic (exact) mass is 463 g/mol. The van der Waals surface area contributed by atoms with Crippen molar-refractivity contribution in [1.29, 1.82) is 0 Å². The smallest absolute Gasteiger partial charge is 0.300 e. The Labute approximate surface area is 195 Å². The van der Waals surface area contributed by atoms with Crippen LogP contribution in [-0.2, 0) is 14.4 Å². The summed E-state index contributed by atoms with van der Waals surface area (Å²) in [6, 6.07) is 8.47. The largest absolute Gasteiger partial charge is 0.481 e. The van der Waals surface area contributed by atoms with Gasteiger partial charge in [0, 0.05) is 52.5 Å². The maximum atomic E-state index is 13.4. The van der Waals surface area contributed by atoms with E-state index >= 15 is 0 Å². The number of carbonyl (C=O) groups excluding carboxylic acids is 1. The van der Waals surface area contributed by atoms with Gasteiger partial charge in [-0.15, -0.1) is 0 Å². The Kier molecular flexibility index (Phi) is 9.39. The van der Waals surface area contributed by atoms with Crippen LogP contribution >= 0.6 is 0 Å². The minimum Gasteiger partial charge on any atom is -0.481 e. The van der Waals surface area contributed by atoms with Crippen molar-refractivity contribution < 1.29 is 29.7 Å². The summed E-state index contributed by atoms with van der Waals surface area (Å²) in [5.74, 6) is -0.786. The highest BCUT2D eigenvalue weighted by molar-refractivity contribution is 5.86. The van der Waals surface area contributed by atoms with E-state index < -0.39 is 17.5 Å². The molecule has 3 heterocycles. The van der Waals surface area contributed by atoms with Gasteiger partial charge in [0.25, 0.3) is 17.8 Å². The third-order valence-corrected chi connectivity index (χ3v) is 6.54. The number of piperidine rings is 1. The number of carboxylic acids is 2. The third-order valence-electron chi connectivity index (χ3n) is 6.54. The number of aliphatic hydroxyl groups is 1. The second-order valence-electron chi connectivity index (χ2n) is 9.21. The molecule has 0 aromatic heterocycles. The number of carbonyl (C=O) groups is 3. The van der Waals surface area contributed by atoms with E-state index in [1.165, 1.54) is 11.1 Å². The average molecular weight is 464 g/mol. The second-order valence-corrected chi connectivity index (χ2v) is 9.21. The van der Waals surface area contributed by atoms with Gasteiger partial charge in [0.05, 0.1) is 6.04 Å². The molecule has 3 atom stereocenters. The molecule has 33 heavy (non-hydrogen) atoms. The summed E-state index contributed by atoms with van der Waals surface area (Å²) in [6.45, 7) is 8.53. The summed E-state index contributed by atoms with van der Waals surface area (Å²) < 4.78 is 0. The number of likely N-dealkylation sites (tertiary alicyclic amines) is 2. The van der Waals surface area contributed by atoms with Gasteiger partial charge in [-0.3, -0.25) is 14.4 Å². The van der Waals surface area contributed by atoms with Crippen molar-refractivity contribution in [2.75, 3.05) is 39.8 Å². The number of hydrogen-bond acceptors (Lipinski definition) is 6. The van der Waals surface area contributed by atoms with Crippen molar-refractivity contribution in [3.05, 3.63) is 35.4 Å². The van der Waals surface area contributed by atoms with Gasteiger partial charge in [-0.2, -0.15) is 0 Å². The Morgan fingerprint density at radius 1 is 1.03 bits per heavy atom. The lowest BCUT2D eigenvalue weighted by molar-refractivity contribution is -0.157. The molecule has 9 heteroatoms. The summed E-state index contributed by atoms with van der Waals surface area (Å²) in [5.41, 5.74) is 1.27. The summed E-state index contributed by atoms with van der Waals surface area (Å²) in [7, 11) is 2.05. The first-order valence-electron chi connectivity index (χ1n) is 11.3. The van der Waals surface area contributed by atoms with Gasteiger partial charge in [0.1, 0.15) is 5.60 Å². The average Bonchev–Trinajstić information content (AvgIpc) is 3.31. The van der Waals surface area contributed by atoms with Crippen LogP contribution in [-0.4, -0.2) is 88.3 Å². The van der Waals surface area contributed by atoms with Crippen LogP contribution in [0.5, 0.6) is 0 Å². The number of carboxylic acid groups (broad SMARTS) is 2. The molecule has 9 nitrogen and oxygen atoms in total. The zero-order valence-corrected chi connectivity index (χ0v) is 20.0. The Morgan fingerprint density at radius 3 is 2.12 bits per heavy atom. The summed E-state index contributed by atoms with van der Waals surface area (Å²) in [5, 5.41) is 29.4. The predicted octanol–water partition coefficient (Wildman–Crippen LogP) is 1.35. The van der Waals surface area contributed by atoms with E-state index in [1.54, 1.807) is 0 Å². The number of benzene rings is 1. The SMILES string of the molecule is CC(=O)O.CC(=O)O.Cc1ccccc1[C@@H]1[C@H]2CNC[C@H]2CN1C(=O)C1(O)CCN(C)CC1. The summed E-state index contributed by atoms with van der Waals surface area (Å²) in [6.07, 6.45) is 1.07. The van der Waals surface area contributed by atoms with E-state index in [-0.39, 0.29) is 11.9 Å². The highest BCUT2D eigenvalue weighted by Gasteiger charge is 2.51. The van der Waals surface area contributed by atoms with E-state index in [2.05, 4.69) is 41.4 Å². The van der Waals surface area contributed by atoms with Crippen LogP contribution in [0.1, 0.15) is 43.9 Å². The Hall–Kier alpha value is -2.49. The van der Waals surface area contributed by atoms with Gasteiger partial charge in [0.15, 0.2) is 0 Å². The number of fused-ring (bicyclic) bond motifs is 1. The molecule has 3 aliphatic rings. The van der Waals surface area contributed by atoms with Crippen molar-refractivity contribution in [3.8, 4) is 0 Å². The fraction of sp³-hybridized carbons (Fsp3) is 0.625. The van der Waals surface area contributed by atoms with Gasteiger partial charge in [-0.25, -0.2) is 0 Å². The first-order chi connectivity index (χ1) is 15.5. The van der Waals surface area contributed by atoms with E-state index in [1.807, 2.05) is 11.9 Å². The van der Waals surface area contributed by atoms with Gasteiger partial charge in [0.2, 0.25) is 0 Å². The van der Waals surface area contributed by atoms with Crippen LogP contribution in [0.3, 0.4) is 0 Å². The Morgan fingerprint density at radius 2 is 1.58 bits per heavy atom. The first-order valence-corrected chi connectivity index (χ1v) is 11.3. The molecule has 3 fully saturated rings. The topological polar surface area (TPSA) is 130 Å². The zero-order valence-electron chi connectivity index (χ0n) is 20.0. The van der Waals surface area contributed by atoms with E-state index in [4.69, 9.17) is 19.8 Å². The van der Waals surface area contributed by atoms with Crippen LogP contribution in [0.2, 0.25) is 0 Å². The second kappa shape index (κ2) is 11.6. The van der Waals surface area contributed by atoms with Crippen molar-refractivity contribution in [2.45, 2.75) is 45.3 Å². The minimum atomic E-state index is -1.19. The number of rotatable bonds is 2. The molecule has 1 amide bonds. The lowest BCUT2D eigenvalue weighted by Gasteiger charge is -2.40. The van der Waals surface area contributed by atoms with Crippen molar-refractivity contribution in [3.63, 3.8) is 0 Å². The zero-order chi connectivity index (χ0) is 24.8. The molecule has 0 bridgehead atoms. The number of aliphatic carboxylic acids is 2. The molecule has 0 unspecified atom stereocenters. The van der Waals surface area contributed by atoms with E-state index in [9.17, 15) is 9.90 Å². The molecule has 0 aliphatic carbocycles. The Bertz CT molecular complexity index is 817. The van der Waals surface area contributed by atoms with Crippen LogP contribution in [0.25, 0.3) is 0 Å². The van der Waals surface area contributed by atoms with Crippen molar-refractivity contribution in [2.24, 2.45) is 11.8 Å². The molecular weight excluding hydrogens is 426 g/mol. The van der Waals surface area contributed by atoms with Gasteiger partial charge < -0.3 is 30.4 Å². The lowest BCUT2D eigenvalue weighted by Crippen LogP contribution is -2.54. The molecule has 1 aromatic carbocycles.